The van der Waals surface area contributed by atoms with E-state index in [-0.39, 0.29) is 23.5 Å². The van der Waals surface area contributed by atoms with Crippen molar-refractivity contribution in [3.8, 4) is 5.75 Å². The van der Waals surface area contributed by atoms with Gasteiger partial charge >= 0.3 is 6.11 Å². The second kappa shape index (κ2) is 8.91. The van der Waals surface area contributed by atoms with Crippen LogP contribution >= 0.6 is 23.1 Å². The van der Waals surface area contributed by atoms with Gasteiger partial charge in [0.2, 0.25) is 0 Å². The summed E-state index contributed by atoms with van der Waals surface area (Å²) in [5.41, 5.74) is 5.42. The Kier molecular flexibility index (Phi) is 6.37. The Morgan fingerprint density at radius 1 is 1.47 bits per heavy atom. The molecule has 1 unspecified atom stereocenters. The van der Waals surface area contributed by atoms with Crippen molar-refractivity contribution in [2.24, 2.45) is 16.6 Å². The molecular weight excluding hydrogens is 460 g/mol. The molecule has 2 aromatic rings. The number of anilines is 1. The van der Waals surface area contributed by atoms with Gasteiger partial charge in [0.15, 0.2) is 5.17 Å². The molecule has 1 amide bonds. The number of thiazole rings is 1. The standard InChI is InChI=1S/C20H23F2N5O3S2/c1-3-20(21,22)30-13-4-5-14(24-7-13)16(28)25-15-9-31-17(26-15)19-10-29-11(2)6-12(19)8-32-18(23)27-19/h4-5,7,9,11-12H,3,6,8,10H2,1-2H3,(H2,23,27)(H,25,28)/t11-,12-,19?/m0/s1. The number of aromatic nitrogens is 2. The molecule has 0 aromatic carbocycles. The number of amides is 1. The number of fused-ring (bicyclic) bond motifs is 1. The van der Waals surface area contributed by atoms with Crippen LogP contribution in [0.25, 0.3) is 0 Å². The van der Waals surface area contributed by atoms with Crippen LogP contribution < -0.4 is 15.8 Å². The third-order valence-electron chi connectivity index (χ3n) is 5.39. The van der Waals surface area contributed by atoms with Crippen LogP contribution in [-0.4, -0.2) is 45.6 Å². The van der Waals surface area contributed by atoms with E-state index in [1.807, 2.05) is 6.92 Å². The fraction of sp³-hybridized carbons (Fsp3) is 0.500. The average Bonchev–Trinajstić information content (AvgIpc) is 3.23. The minimum atomic E-state index is -3.29. The second-order valence-corrected chi connectivity index (χ2v) is 9.60. The lowest BCUT2D eigenvalue weighted by molar-refractivity contribution is -0.177. The number of nitrogens with one attached hydrogen (secondary N) is 1. The van der Waals surface area contributed by atoms with Crippen LogP contribution in [0.5, 0.6) is 5.75 Å². The normalized spacial score (nSPS) is 25.6. The Balaban J connectivity index is 1.48. The lowest BCUT2D eigenvalue weighted by Crippen LogP contribution is -2.49. The minimum absolute atomic E-state index is 0.0499. The van der Waals surface area contributed by atoms with E-state index in [1.165, 1.54) is 42.2 Å². The van der Waals surface area contributed by atoms with E-state index in [4.69, 9.17) is 15.5 Å². The van der Waals surface area contributed by atoms with Crippen LogP contribution in [-0.2, 0) is 10.3 Å². The molecule has 32 heavy (non-hydrogen) atoms. The summed E-state index contributed by atoms with van der Waals surface area (Å²) in [6.45, 7) is 3.73. The summed E-state index contributed by atoms with van der Waals surface area (Å²) in [6, 6.07) is 2.59. The predicted molar refractivity (Wildman–Crippen MR) is 119 cm³/mol. The summed E-state index contributed by atoms with van der Waals surface area (Å²) in [5.74, 6) is 0.786. The smallest absolute Gasteiger partial charge is 0.397 e. The van der Waals surface area contributed by atoms with Gasteiger partial charge in [-0.2, -0.15) is 8.78 Å². The van der Waals surface area contributed by atoms with Crippen LogP contribution in [0.3, 0.4) is 0 Å². The summed E-state index contributed by atoms with van der Waals surface area (Å²) in [6.07, 6.45) is -1.68. The number of ether oxygens (including phenoxy) is 2. The van der Waals surface area contributed by atoms with Crippen LogP contribution in [0, 0.1) is 5.92 Å². The number of pyridine rings is 1. The van der Waals surface area contributed by atoms with Crippen molar-refractivity contribution >= 4 is 40.0 Å². The Hall–Kier alpha value is -2.31. The molecule has 0 bridgehead atoms. The van der Waals surface area contributed by atoms with Gasteiger partial charge in [0, 0.05) is 23.5 Å². The van der Waals surface area contributed by atoms with Crippen LogP contribution in [0.1, 0.15) is 42.2 Å². The Bertz CT molecular complexity index is 1020. The fourth-order valence-corrected chi connectivity index (χ4v) is 5.58. The first-order valence-electron chi connectivity index (χ1n) is 10.1. The summed E-state index contributed by atoms with van der Waals surface area (Å²) in [7, 11) is 0. The van der Waals surface area contributed by atoms with E-state index in [2.05, 4.69) is 20.0 Å². The first-order chi connectivity index (χ1) is 15.2. The molecule has 0 saturated carbocycles. The van der Waals surface area contributed by atoms with Gasteiger partial charge in [-0.3, -0.25) is 4.79 Å². The zero-order valence-corrected chi connectivity index (χ0v) is 19.1. The van der Waals surface area contributed by atoms with Gasteiger partial charge in [0.25, 0.3) is 5.91 Å². The summed E-state index contributed by atoms with van der Waals surface area (Å²) >= 11 is 2.92. The molecule has 2 aliphatic rings. The number of carbonyl (C=O) groups is 1. The van der Waals surface area contributed by atoms with E-state index >= 15 is 0 Å². The number of hydrogen-bond donors (Lipinski definition) is 2. The highest BCUT2D eigenvalue weighted by atomic mass is 32.2. The number of nitrogens with two attached hydrogens (primary N) is 1. The topological polar surface area (TPSA) is 112 Å². The molecule has 4 heterocycles. The number of nitrogens with zero attached hydrogens (tertiary/aromatic N) is 3. The van der Waals surface area contributed by atoms with E-state index in [1.54, 1.807) is 5.38 Å². The van der Waals surface area contributed by atoms with Gasteiger partial charge in [-0.15, -0.1) is 11.3 Å². The molecular formula is C20H23F2N5O3S2. The van der Waals surface area contributed by atoms with E-state index < -0.39 is 24.0 Å². The maximum atomic E-state index is 13.3. The van der Waals surface area contributed by atoms with E-state index in [9.17, 15) is 13.6 Å². The maximum Gasteiger partial charge on any atom is 0.397 e. The molecule has 0 spiro atoms. The van der Waals surface area contributed by atoms with Crippen molar-refractivity contribution in [2.45, 2.75) is 44.4 Å². The highest BCUT2D eigenvalue weighted by Crippen LogP contribution is 2.47. The van der Waals surface area contributed by atoms with Crippen molar-refractivity contribution in [3.63, 3.8) is 0 Å². The van der Waals surface area contributed by atoms with Gasteiger partial charge in [-0.05, 0) is 25.5 Å². The van der Waals surface area contributed by atoms with Crippen LogP contribution in [0.15, 0.2) is 28.7 Å². The molecule has 1 fully saturated rings. The zero-order valence-electron chi connectivity index (χ0n) is 17.5. The van der Waals surface area contributed by atoms with Crippen molar-refractivity contribution in [1.82, 2.24) is 9.97 Å². The Labute approximate surface area is 192 Å². The summed E-state index contributed by atoms with van der Waals surface area (Å²) < 4.78 is 37.1. The quantitative estimate of drug-likeness (QED) is 0.642. The lowest BCUT2D eigenvalue weighted by Gasteiger charge is -2.44. The lowest BCUT2D eigenvalue weighted by atomic mass is 9.80. The maximum absolute atomic E-state index is 13.3. The Morgan fingerprint density at radius 2 is 2.28 bits per heavy atom. The highest BCUT2D eigenvalue weighted by molar-refractivity contribution is 8.13. The molecule has 0 radical (unpaired) electrons. The minimum Gasteiger partial charge on any atom is -0.431 e. The number of rotatable bonds is 6. The number of amidine groups is 1. The largest absolute Gasteiger partial charge is 0.431 e. The monoisotopic (exact) mass is 483 g/mol. The molecule has 172 valence electrons. The van der Waals surface area contributed by atoms with Crippen molar-refractivity contribution in [1.29, 1.82) is 0 Å². The molecule has 12 heteroatoms. The average molecular weight is 484 g/mol. The first-order valence-corrected chi connectivity index (χ1v) is 12.0. The van der Waals surface area contributed by atoms with Gasteiger partial charge in [-0.25, -0.2) is 15.0 Å². The molecule has 2 aliphatic heterocycles. The number of carbonyl (C=O) groups excluding carboxylic acids is 1. The SMILES string of the molecule is CCC(F)(F)Oc1ccc(C(=O)Nc2csc(C34CO[C@@H](C)C[C@H]3CSC(N)=N4)n2)nc1. The van der Waals surface area contributed by atoms with E-state index in [0.717, 1.165) is 23.4 Å². The number of aliphatic imine (C=N–C) groups is 1. The fourth-order valence-electron chi connectivity index (χ4n) is 3.61. The van der Waals surface area contributed by atoms with Crippen LogP contribution in [0.4, 0.5) is 14.6 Å². The molecule has 1 saturated heterocycles. The predicted octanol–water partition coefficient (Wildman–Crippen LogP) is 3.85. The summed E-state index contributed by atoms with van der Waals surface area (Å²) in [4.78, 5) is 25.8. The first kappa shape index (κ1) is 22.9. The van der Waals surface area contributed by atoms with Crippen molar-refractivity contribution < 1.29 is 23.0 Å². The number of halogens is 2. The molecule has 8 nitrogen and oxygen atoms in total. The van der Waals surface area contributed by atoms with E-state index in [0.29, 0.717) is 17.6 Å². The molecule has 3 N–H and O–H groups in total. The third kappa shape index (κ3) is 4.71. The second-order valence-electron chi connectivity index (χ2n) is 7.70. The Morgan fingerprint density at radius 3 is 3.00 bits per heavy atom. The number of hydrogen-bond acceptors (Lipinski definition) is 9. The molecule has 2 aromatic heterocycles. The number of thioether (sulfide) groups is 1. The highest BCUT2D eigenvalue weighted by Gasteiger charge is 2.49. The molecule has 4 rings (SSSR count). The molecule has 0 aliphatic carbocycles. The molecule has 3 atom stereocenters. The van der Waals surface area contributed by atoms with Crippen molar-refractivity contribution in [2.75, 3.05) is 17.7 Å². The van der Waals surface area contributed by atoms with Gasteiger partial charge in [-0.1, -0.05) is 18.7 Å². The van der Waals surface area contributed by atoms with Crippen LogP contribution in [0.2, 0.25) is 0 Å². The van der Waals surface area contributed by atoms with Crippen molar-refractivity contribution in [3.05, 3.63) is 34.4 Å². The number of alkyl halides is 2. The third-order valence-corrected chi connectivity index (χ3v) is 7.35. The van der Waals surface area contributed by atoms with Gasteiger partial charge in [0.05, 0.1) is 18.9 Å². The van der Waals surface area contributed by atoms with Gasteiger partial charge < -0.3 is 20.5 Å². The zero-order chi connectivity index (χ0) is 22.9. The van der Waals surface area contributed by atoms with Gasteiger partial charge in [0.1, 0.15) is 27.8 Å². The summed E-state index contributed by atoms with van der Waals surface area (Å²) in [5, 5.41) is 5.65.